The van der Waals surface area contributed by atoms with Gasteiger partial charge in [-0.2, -0.15) is 0 Å². The molecule has 3 aromatic rings. The van der Waals surface area contributed by atoms with Gasteiger partial charge in [-0.15, -0.1) is 0 Å². The minimum Gasteiger partial charge on any atom is -0.482 e. The van der Waals surface area contributed by atoms with Crippen molar-refractivity contribution in [2.24, 2.45) is 0 Å². The number of aromatic nitrogens is 1. The zero-order valence-electron chi connectivity index (χ0n) is 16.1. The van der Waals surface area contributed by atoms with E-state index in [9.17, 15) is 9.59 Å². The van der Waals surface area contributed by atoms with Crippen molar-refractivity contribution < 1.29 is 19.4 Å². The first-order valence-electron chi connectivity index (χ1n) is 9.66. The molecule has 1 unspecified atom stereocenters. The number of nitrogens with zero attached hydrogens (tertiary/aromatic N) is 1. The number of carbonyl (C=O) groups excluding carboxylic acids is 1. The number of fused-ring (bicyclic) bond motifs is 1. The molecule has 6 heteroatoms. The van der Waals surface area contributed by atoms with Crippen molar-refractivity contribution in [1.29, 1.82) is 0 Å². The molecule has 4 rings (SSSR count). The molecule has 2 N–H and O–H groups in total. The molecule has 2 aromatic carbocycles. The van der Waals surface area contributed by atoms with Crippen molar-refractivity contribution in [3.05, 3.63) is 71.4 Å². The molecule has 1 amide bonds. The highest BCUT2D eigenvalue weighted by Gasteiger charge is 2.27. The summed E-state index contributed by atoms with van der Waals surface area (Å²) in [7, 11) is 0. The van der Waals surface area contributed by atoms with Gasteiger partial charge in [-0.3, -0.25) is 9.78 Å². The van der Waals surface area contributed by atoms with Gasteiger partial charge >= 0.3 is 5.97 Å². The molecule has 0 aliphatic heterocycles. The van der Waals surface area contributed by atoms with Gasteiger partial charge in [0.1, 0.15) is 5.75 Å². The number of pyridine rings is 1. The number of ether oxygens (including phenoxy) is 1. The number of carboxylic acids is 1. The Hall–Kier alpha value is -3.41. The molecule has 29 heavy (non-hydrogen) atoms. The highest BCUT2D eigenvalue weighted by Crippen LogP contribution is 2.40. The second-order valence-corrected chi connectivity index (χ2v) is 7.33. The van der Waals surface area contributed by atoms with Crippen LogP contribution >= 0.6 is 0 Å². The lowest BCUT2D eigenvalue weighted by Gasteiger charge is -2.16. The predicted octanol–water partition coefficient (Wildman–Crippen LogP) is 4.07. The van der Waals surface area contributed by atoms with Gasteiger partial charge in [0.25, 0.3) is 5.91 Å². The van der Waals surface area contributed by atoms with Crippen molar-refractivity contribution in [1.82, 2.24) is 10.3 Å². The fourth-order valence-corrected chi connectivity index (χ4v) is 3.33. The van der Waals surface area contributed by atoms with Gasteiger partial charge in [-0.1, -0.05) is 30.3 Å². The van der Waals surface area contributed by atoms with Gasteiger partial charge in [-0.05, 0) is 49.6 Å². The fourth-order valence-electron chi connectivity index (χ4n) is 3.33. The number of amides is 1. The smallest absolute Gasteiger partial charge is 0.341 e. The molecule has 1 atom stereocenters. The van der Waals surface area contributed by atoms with Gasteiger partial charge in [-0.25, -0.2) is 4.79 Å². The van der Waals surface area contributed by atoms with E-state index in [4.69, 9.17) is 14.8 Å². The molecule has 0 radical (unpaired) electrons. The summed E-state index contributed by atoms with van der Waals surface area (Å²) in [5.74, 6) is -0.222. The Morgan fingerprint density at radius 2 is 1.90 bits per heavy atom. The quantitative estimate of drug-likeness (QED) is 0.635. The van der Waals surface area contributed by atoms with Crippen LogP contribution in [0.2, 0.25) is 0 Å². The summed E-state index contributed by atoms with van der Waals surface area (Å²) < 4.78 is 5.15. The zero-order chi connectivity index (χ0) is 20.4. The summed E-state index contributed by atoms with van der Waals surface area (Å²) in [4.78, 5) is 28.4. The summed E-state index contributed by atoms with van der Waals surface area (Å²) in [6, 6.07) is 16.5. The van der Waals surface area contributed by atoms with Crippen LogP contribution in [0.25, 0.3) is 10.9 Å². The maximum absolute atomic E-state index is 13.1. The second-order valence-electron chi connectivity index (χ2n) is 7.33. The Balaban J connectivity index is 1.52. The Morgan fingerprint density at radius 1 is 1.17 bits per heavy atom. The Morgan fingerprint density at radius 3 is 2.59 bits per heavy atom. The van der Waals surface area contributed by atoms with E-state index in [2.05, 4.69) is 5.32 Å². The number of rotatable bonds is 7. The van der Waals surface area contributed by atoms with E-state index in [0.29, 0.717) is 17.2 Å². The molecule has 0 spiro atoms. The molecular formula is C23H22N2O4. The molecule has 1 aliphatic carbocycles. The monoisotopic (exact) mass is 390 g/mol. The third-order valence-electron chi connectivity index (χ3n) is 5.07. The van der Waals surface area contributed by atoms with Gasteiger partial charge in [0.05, 0.1) is 17.1 Å². The van der Waals surface area contributed by atoms with E-state index in [1.165, 1.54) is 0 Å². The first-order valence-corrected chi connectivity index (χ1v) is 9.66. The largest absolute Gasteiger partial charge is 0.482 e. The molecule has 1 saturated carbocycles. The number of hydrogen-bond donors (Lipinski definition) is 2. The number of aliphatic carboxylic acids is 1. The van der Waals surface area contributed by atoms with Crippen LogP contribution in [0.15, 0.2) is 54.6 Å². The maximum atomic E-state index is 13.1. The van der Waals surface area contributed by atoms with Crippen molar-refractivity contribution in [3.8, 4) is 5.75 Å². The van der Waals surface area contributed by atoms with Crippen molar-refractivity contribution in [2.75, 3.05) is 6.61 Å². The standard InChI is InChI=1S/C23H22N2O4/c1-14(15-8-10-17(11-9-15)29-13-22(26)27)24-23(28)19-12-21(16-6-7-16)25-20-5-3-2-4-18(19)20/h2-5,8-12,14,16H,6-7,13H2,1H3,(H,24,28)(H,26,27). The number of nitrogens with one attached hydrogen (secondary N) is 1. The zero-order valence-corrected chi connectivity index (χ0v) is 16.1. The number of benzene rings is 2. The van der Waals surface area contributed by atoms with Gasteiger partial charge < -0.3 is 15.2 Å². The lowest BCUT2D eigenvalue weighted by atomic mass is 10.0. The molecule has 0 saturated heterocycles. The summed E-state index contributed by atoms with van der Waals surface area (Å²) in [5, 5.41) is 12.6. The van der Waals surface area contributed by atoms with E-state index < -0.39 is 5.97 Å². The summed E-state index contributed by atoms with van der Waals surface area (Å²) in [5.41, 5.74) is 3.38. The molecule has 1 fully saturated rings. The van der Waals surface area contributed by atoms with Crippen LogP contribution in [-0.4, -0.2) is 28.6 Å². The van der Waals surface area contributed by atoms with Crippen LogP contribution in [0, 0.1) is 0 Å². The molecular weight excluding hydrogens is 368 g/mol. The Labute approximate surface area is 168 Å². The van der Waals surface area contributed by atoms with E-state index in [-0.39, 0.29) is 18.6 Å². The first kappa shape index (κ1) is 18.9. The summed E-state index contributed by atoms with van der Waals surface area (Å²) in [6.45, 7) is 1.53. The minimum atomic E-state index is -1.02. The van der Waals surface area contributed by atoms with Gasteiger partial charge in [0.2, 0.25) is 0 Å². The van der Waals surface area contributed by atoms with Crippen LogP contribution in [-0.2, 0) is 4.79 Å². The minimum absolute atomic E-state index is 0.135. The SMILES string of the molecule is CC(NC(=O)c1cc(C2CC2)nc2ccccc12)c1ccc(OCC(=O)O)cc1. The van der Waals surface area contributed by atoms with E-state index in [1.54, 1.807) is 12.1 Å². The van der Waals surface area contributed by atoms with Crippen LogP contribution in [0.3, 0.4) is 0 Å². The lowest BCUT2D eigenvalue weighted by molar-refractivity contribution is -0.139. The van der Waals surface area contributed by atoms with Gasteiger partial charge in [0.15, 0.2) is 6.61 Å². The molecule has 148 valence electrons. The number of carboxylic acid groups (broad SMARTS) is 1. The van der Waals surface area contributed by atoms with Crippen molar-refractivity contribution in [2.45, 2.75) is 31.7 Å². The van der Waals surface area contributed by atoms with E-state index in [0.717, 1.165) is 35.0 Å². The average molecular weight is 390 g/mol. The highest BCUT2D eigenvalue weighted by molar-refractivity contribution is 6.06. The third-order valence-corrected chi connectivity index (χ3v) is 5.07. The number of carbonyl (C=O) groups is 2. The van der Waals surface area contributed by atoms with Crippen LogP contribution in [0.4, 0.5) is 0 Å². The molecule has 1 aromatic heterocycles. The fraction of sp³-hybridized carbons (Fsp3) is 0.261. The number of para-hydroxylation sites is 1. The molecule has 6 nitrogen and oxygen atoms in total. The molecule has 1 heterocycles. The van der Waals surface area contributed by atoms with Gasteiger partial charge in [0, 0.05) is 17.0 Å². The first-order chi connectivity index (χ1) is 14.0. The third kappa shape index (κ3) is 4.37. The molecule has 0 bridgehead atoms. The van der Waals surface area contributed by atoms with Crippen molar-refractivity contribution >= 4 is 22.8 Å². The average Bonchev–Trinajstić information content (AvgIpc) is 3.57. The lowest BCUT2D eigenvalue weighted by Crippen LogP contribution is -2.27. The van der Waals surface area contributed by atoms with Crippen LogP contribution < -0.4 is 10.1 Å². The van der Waals surface area contributed by atoms with E-state index in [1.807, 2.05) is 49.4 Å². The van der Waals surface area contributed by atoms with E-state index >= 15 is 0 Å². The Kier molecular flexibility index (Phi) is 5.16. The summed E-state index contributed by atoms with van der Waals surface area (Å²) in [6.07, 6.45) is 2.25. The van der Waals surface area contributed by atoms with Crippen LogP contribution in [0.5, 0.6) is 5.75 Å². The normalized spacial score (nSPS) is 14.4. The maximum Gasteiger partial charge on any atom is 0.341 e. The Bertz CT molecular complexity index is 1060. The highest BCUT2D eigenvalue weighted by atomic mass is 16.5. The predicted molar refractivity (Wildman–Crippen MR) is 109 cm³/mol. The molecule has 1 aliphatic rings. The van der Waals surface area contributed by atoms with Crippen LogP contribution in [0.1, 0.15) is 53.3 Å². The number of hydrogen-bond acceptors (Lipinski definition) is 4. The topological polar surface area (TPSA) is 88.5 Å². The second kappa shape index (κ2) is 7.91. The van der Waals surface area contributed by atoms with Crippen molar-refractivity contribution in [3.63, 3.8) is 0 Å². The summed E-state index contributed by atoms with van der Waals surface area (Å²) >= 11 is 0.